The summed E-state index contributed by atoms with van der Waals surface area (Å²) in [6.07, 6.45) is 7.27. The fourth-order valence-electron chi connectivity index (χ4n) is 2.67. The Balaban J connectivity index is 1.61. The summed E-state index contributed by atoms with van der Waals surface area (Å²) in [5.41, 5.74) is 0. The van der Waals surface area contributed by atoms with Crippen LogP contribution < -0.4 is 9.80 Å². The molecular formula is C15H18ClN5. The van der Waals surface area contributed by atoms with Crippen LogP contribution in [0.25, 0.3) is 0 Å². The fourth-order valence-corrected chi connectivity index (χ4v) is 2.77. The molecule has 0 spiro atoms. The standard InChI is InChI=1S/C15H18ClN5/c1-20(14-4-2-3-7-17-14)13-5-8-21(9-6-13)15-18-10-12(16)11-19-15/h2-4,7,10-11,13H,5-6,8-9H2,1H3. The Bertz CT molecular complexity index is 566. The predicted octanol–water partition coefficient (Wildman–Crippen LogP) is 2.63. The quantitative estimate of drug-likeness (QED) is 0.872. The third kappa shape index (κ3) is 3.24. The van der Waals surface area contributed by atoms with Crippen LogP contribution in [-0.2, 0) is 0 Å². The van der Waals surface area contributed by atoms with E-state index >= 15 is 0 Å². The maximum absolute atomic E-state index is 5.83. The largest absolute Gasteiger partial charge is 0.357 e. The minimum absolute atomic E-state index is 0.503. The first kappa shape index (κ1) is 14.1. The minimum Gasteiger partial charge on any atom is -0.357 e. The molecule has 2 aromatic heterocycles. The van der Waals surface area contributed by atoms with Crippen LogP contribution in [0.4, 0.5) is 11.8 Å². The molecule has 0 atom stereocenters. The van der Waals surface area contributed by atoms with Gasteiger partial charge in [-0.05, 0) is 25.0 Å². The maximum Gasteiger partial charge on any atom is 0.225 e. The molecule has 0 unspecified atom stereocenters. The van der Waals surface area contributed by atoms with Gasteiger partial charge in [-0.3, -0.25) is 0 Å². The first-order chi connectivity index (χ1) is 10.2. The summed E-state index contributed by atoms with van der Waals surface area (Å²) < 4.78 is 0. The zero-order chi connectivity index (χ0) is 14.7. The van der Waals surface area contributed by atoms with Gasteiger partial charge in [-0.2, -0.15) is 0 Å². The molecule has 1 aliphatic heterocycles. The van der Waals surface area contributed by atoms with Gasteiger partial charge in [0.25, 0.3) is 0 Å². The van der Waals surface area contributed by atoms with Gasteiger partial charge in [-0.25, -0.2) is 15.0 Å². The number of pyridine rings is 1. The third-order valence-electron chi connectivity index (χ3n) is 3.91. The van der Waals surface area contributed by atoms with Crippen molar-refractivity contribution >= 4 is 23.4 Å². The lowest BCUT2D eigenvalue weighted by Gasteiger charge is -2.37. The normalized spacial score (nSPS) is 16.0. The Morgan fingerprint density at radius 1 is 1.14 bits per heavy atom. The van der Waals surface area contributed by atoms with Gasteiger partial charge >= 0.3 is 0 Å². The summed E-state index contributed by atoms with van der Waals surface area (Å²) in [7, 11) is 2.11. The molecule has 0 N–H and O–H groups in total. The van der Waals surface area contributed by atoms with Crippen LogP contribution in [-0.4, -0.2) is 41.1 Å². The van der Waals surface area contributed by atoms with Crippen molar-refractivity contribution in [2.45, 2.75) is 18.9 Å². The number of halogens is 1. The number of rotatable bonds is 3. The van der Waals surface area contributed by atoms with E-state index in [2.05, 4.69) is 37.9 Å². The predicted molar refractivity (Wildman–Crippen MR) is 84.9 cm³/mol. The Kier molecular flexibility index (Phi) is 4.20. The second kappa shape index (κ2) is 6.26. The second-order valence-corrected chi connectivity index (χ2v) is 5.65. The van der Waals surface area contributed by atoms with Crippen LogP contribution >= 0.6 is 11.6 Å². The van der Waals surface area contributed by atoms with Crippen LogP contribution in [0.5, 0.6) is 0 Å². The minimum atomic E-state index is 0.503. The lowest BCUT2D eigenvalue weighted by molar-refractivity contribution is 0.475. The Hall–Kier alpha value is -1.88. The Labute approximate surface area is 129 Å². The molecule has 0 amide bonds. The third-order valence-corrected chi connectivity index (χ3v) is 4.11. The highest BCUT2D eigenvalue weighted by atomic mass is 35.5. The molecule has 6 heteroatoms. The molecule has 110 valence electrons. The molecule has 3 rings (SSSR count). The van der Waals surface area contributed by atoms with Crippen molar-refractivity contribution in [3.8, 4) is 0 Å². The van der Waals surface area contributed by atoms with E-state index in [1.165, 1.54) is 0 Å². The van der Waals surface area contributed by atoms with E-state index in [4.69, 9.17) is 11.6 Å². The zero-order valence-corrected chi connectivity index (χ0v) is 12.7. The summed E-state index contributed by atoms with van der Waals surface area (Å²) in [4.78, 5) is 17.5. The molecule has 0 aliphatic carbocycles. The maximum atomic E-state index is 5.83. The monoisotopic (exact) mass is 303 g/mol. The smallest absolute Gasteiger partial charge is 0.225 e. The molecule has 0 bridgehead atoms. The van der Waals surface area contributed by atoms with E-state index in [9.17, 15) is 0 Å². The number of nitrogens with zero attached hydrogens (tertiary/aromatic N) is 5. The van der Waals surface area contributed by atoms with Crippen LogP contribution in [0.15, 0.2) is 36.8 Å². The van der Waals surface area contributed by atoms with Gasteiger partial charge in [-0.15, -0.1) is 0 Å². The van der Waals surface area contributed by atoms with Crippen molar-refractivity contribution < 1.29 is 0 Å². The molecule has 2 aromatic rings. The van der Waals surface area contributed by atoms with Gasteiger partial charge in [-0.1, -0.05) is 17.7 Å². The van der Waals surface area contributed by atoms with Crippen molar-refractivity contribution in [1.82, 2.24) is 15.0 Å². The van der Waals surface area contributed by atoms with E-state index in [1.54, 1.807) is 12.4 Å². The van der Waals surface area contributed by atoms with Gasteiger partial charge in [0.1, 0.15) is 5.82 Å². The molecule has 0 aromatic carbocycles. The molecule has 3 heterocycles. The second-order valence-electron chi connectivity index (χ2n) is 5.22. The van der Waals surface area contributed by atoms with Crippen molar-refractivity contribution in [3.05, 3.63) is 41.8 Å². The first-order valence-corrected chi connectivity index (χ1v) is 7.48. The molecule has 1 aliphatic rings. The molecule has 21 heavy (non-hydrogen) atoms. The first-order valence-electron chi connectivity index (χ1n) is 7.10. The van der Waals surface area contributed by atoms with Crippen molar-refractivity contribution in [2.24, 2.45) is 0 Å². The van der Waals surface area contributed by atoms with Gasteiger partial charge in [0.2, 0.25) is 5.95 Å². The Morgan fingerprint density at radius 2 is 1.86 bits per heavy atom. The van der Waals surface area contributed by atoms with E-state index in [1.807, 2.05) is 18.3 Å². The lowest BCUT2D eigenvalue weighted by Crippen LogP contribution is -2.44. The van der Waals surface area contributed by atoms with Crippen LogP contribution in [0, 0.1) is 0 Å². The van der Waals surface area contributed by atoms with E-state index < -0.39 is 0 Å². The highest BCUT2D eigenvalue weighted by molar-refractivity contribution is 6.30. The van der Waals surface area contributed by atoms with Crippen LogP contribution in [0.1, 0.15) is 12.8 Å². The van der Waals surface area contributed by atoms with Gasteiger partial charge in [0.05, 0.1) is 17.4 Å². The lowest BCUT2D eigenvalue weighted by atomic mass is 10.0. The zero-order valence-electron chi connectivity index (χ0n) is 12.0. The number of piperidine rings is 1. The number of anilines is 2. The molecule has 1 fully saturated rings. The van der Waals surface area contributed by atoms with Gasteiger partial charge in [0, 0.05) is 32.4 Å². The molecular weight excluding hydrogens is 286 g/mol. The molecule has 5 nitrogen and oxygen atoms in total. The summed E-state index contributed by atoms with van der Waals surface area (Å²) in [6.45, 7) is 1.90. The average Bonchev–Trinajstić information content (AvgIpc) is 2.56. The van der Waals surface area contributed by atoms with E-state index in [0.29, 0.717) is 11.1 Å². The molecule has 1 saturated heterocycles. The highest BCUT2D eigenvalue weighted by Crippen LogP contribution is 2.22. The van der Waals surface area contributed by atoms with Crippen molar-refractivity contribution in [3.63, 3.8) is 0 Å². The van der Waals surface area contributed by atoms with Gasteiger partial charge in [0.15, 0.2) is 0 Å². The fraction of sp³-hybridized carbons (Fsp3) is 0.400. The van der Waals surface area contributed by atoms with Crippen molar-refractivity contribution in [1.29, 1.82) is 0 Å². The van der Waals surface area contributed by atoms with Gasteiger partial charge < -0.3 is 9.80 Å². The Morgan fingerprint density at radius 3 is 2.48 bits per heavy atom. The number of aromatic nitrogens is 3. The summed E-state index contributed by atoms with van der Waals surface area (Å²) >= 11 is 5.83. The van der Waals surface area contributed by atoms with E-state index in [0.717, 1.165) is 37.7 Å². The summed E-state index contributed by atoms with van der Waals surface area (Å²) in [5, 5.41) is 0.573. The average molecular weight is 304 g/mol. The summed E-state index contributed by atoms with van der Waals surface area (Å²) in [5.74, 6) is 1.79. The SMILES string of the molecule is CN(c1ccccn1)C1CCN(c2ncc(Cl)cn2)CC1. The van der Waals surface area contributed by atoms with Crippen LogP contribution in [0.2, 0.25) is 5.02 Å². The van der Waals surface area contributed by atoms with Crippen molar-refractivity contribution in [2.75, 3.05) is 29.9 Å². The summed E-state index contributed by atoms with van der Waals surface area (Å²) in [6, 6.07) is 6.52. The number of hydrogen-bond donors (Lipinski definition) is 0. The van der Waals surface area contributed by atoms with E-state index in [-0.39, 0.29) is 0 Å². The number of hydrogen-bond acceptors (Lipinski definition) is 5. The molecule has 0 radical (unpaired) electrons. The topological polar surface area (TPSA) is 45.2 Å². The highest BCUT2D eigenvalue weighted by Gasteiger charge is 2.24. The van der Waals surface area contributed by atoms with Crippen LogP contribution in [0.3, 0.4) is 0 Å². The molecule has 0 saturated carbocycles.